The maximum atomic E-state index is 12.0. The van der Waals surface area contributed by atoms with Gasteiger partial charge in [0.25, 0.3) is 5.91 Å². The van der Waals surface area contributed by atoms with Crippen molar-refractivity contribution in [1.29, 1.82) is 0 Å². The molecule has 0 bridgehead atoms. The van der Waals surface area contributed by atoms with Crippen molar-refractivity contribution in [2.75, 3.05) is 18.2 Å². The number of aromatic nitrogens is 1. The van der Waals surface area contributed by atoms with Crippen LogP contribution in [-0.4, -0.2) is 23.8 Å². The van der Waals surface area contributed by atoms with Crippen LogP contribution in [0.4, 0.5) is 5.69 Å². The number of ether oxygens (including phenoxy) is 1. The number of fused-ring (bicyclic) bond motifs is 1. The van der Waals surface area contributed by atoms with E-state index in [1.54, 1.807) is 41.3 Å². The van der Waals surface area contributed by atoms with Gasteiger partial charge in [0.2, 0.25) is 0 Å². The van der Waals surface area contributed by atoms with Crippen molar-refractivity contribution in [3.8, 4) is 5.75 Å². The Morgan fingerprint density at radius 1 is 1.29 bits per heavy atom. The summed E-state index contributed by atoms with van der Waals surface area (Å²) in [7, 11) is 0. The summed E-state index contributed by atoms with van der Waals surface area (Å²) >= 11 is 15.0. The van der Waals surface area contributed by atoms with Crippen molar-refractivity contribution in [3.63, 3.8) is 0 Å². The molecule has 1 N–H and O–H groups in total. The van der Waals surface area contributed by atoms with Gasteiger partial charge in [0.1, 0.15) is 5.75 Å². The van der Waals surface area contributed by atoms with E-state index in [0.29, 0.717) is 21.5 Å². The summed E-state index contributed by atoms with van der Waals surface area (Å²) in [6.07, 6.45) is 1.99. The summed E-state index contributed by atoms with van der Waals surface area (Å²) in [5.41, 5.74) is 1.63. The number of carbonyl (C=O) groups excluding carboxylic acids is 1. The Labute approximate surface area is 157 Å². The number of halogens is 2. The molecule has 8 heteroatoms. The van der Waals surface area contributed by atoms with Crippen LogP contribution in [-0.2, 0) is 4.79 Å². The van der Waals surface area contributed by atoms with Crippen LogP contribution in [0.15, 0.2) is 40.7 Å². The largest absolute Gasteiger partial charge is 0.482 e. The molecule has 0 fully saturated rings. The lowest BCUT2D eigenvalue weighted by Crippen LogP contribution is -2.20. The lowest BCUT2D eigenvalue weighted by molar-refractivity contribution is -0.118. The van der Waals surface area contributed by atoms with Crippen LogP contribution in [0.3, 0.4) is 0 Å². The molecule has 124 valence electrons. The van der Waals surface area contributed by atoms with Gasteiger partial charge in [-0.05, 0) is 42.7 Å². The minimum atomic E-state index is -0.269. The van der Waals surface area contributed by atoms with Crippen molar-refractivity contribution in [1.82, 2.24) is 4.98 Å². The number of rotatable bonds is 5. The van der Waals surface area contributed by atoms with Gasteiger partial charge < -0.3 is 10.1 Å². The van der Waals surface area contributed by atoms with E-state index >= 15 is 0 Å². The highest BCUT2D eigenvalue weighted by atomic mass is 35.5. The van der Waals surface area contributed by atoms with Gasteiger partial charge in [0.05, 0.1) is 15.2 Å². The zero-order valence-electron chi connectivity index (χ0n) is 12.5. The van der Waals surface area contributed by atoms with Crippen LogP contribution in [0.1, 0.15) is 0 Å². The molecule has 3 aromatic rings. The van der Waals surface area contributed by atoms with Crippen molar-refractivity contribution < 1.29 is 9.53 Å². The Morgan fingerprint density at radius 2 is 2.12 bits per heavy atom. The topological polar surface area (TPSA) is 51.2 Å². The minimum Gasteiger partial charge on any atom is -0.482 e. The number of thiazole rings is 1. The average Bonchev–Trinajstić information content (AvgIpc) is 2.96. The summed E-state index contributed by atoms with van der Waals surface area (Å²) in [6, 6.07) is 10.5. The van der Waals surface area contributed by atoms with E-state index in [1.807, 2.05) is 24.5 Å². The van der Waals surface area contributed by atoms with Crippen molar-refractivity contribution in [2.45, 2.75) is 4.34 Å². The number of thioether (sulfide) groups is 1. The summed E-state index contributed by atoms with van der Waals surface area (Å²) in [5.74, 6) is 0.147. The number of hydrogen-bond donors (Lipinski definition) is 1. The lowest BCUT2D eigenvalue weighted by atomic mass is 10.3. The average molecular weight is 399 g/mol. The first-order valence-corrected chi connectivity index (χ1v) is 9.67. The van der Waals surface area contributed by atoms with Crippen LogP contribution in [0.2, 0.25) is 10.0 Å². The van der Waals surface area contributed by atoms with E-state index in [-0.39, 0.29) is 12.5 Å². The molecule has 0 aliphatic carbocycles. The van der Waals surface area contributed by atoms with Crippen molar-refractivity contribution >= 4 is 68.1 Å². The fourth-order valence-electron chi connectivity index (χ4n) is 2.00. The Kier molecular flexibility index (Phi) is 5.50. The molecule has 2 aromatic carbocycles. The third kappa shape index (κ3) is 4.13. The molecule has 0 saturated carbocycles. The van der Waals surface area contributed by atoms with Gasteiger partial charge in [0.15, 0.2) is 10.9 Å². The predicted octanol–water partition coefficient (Wildman–Crippen LogP) is 5.34. The standard InChI is InChI=1S/C16H12Cl2N2O2S2/c1-23-16-20-12-4-3-10(7-14(12)24-16)19-15(21)8-22-13-5-2-9(17)6-11(13)18/h2-7H,8H2,1H3,(H,19,21). The third-order valence-corrected chi connectivity index (χ3v) is 5.61. The van der Waals surface area contributed by atoms with E-state index in [4.69, 9.17) is 27.9 Å². The van der Waals surface area contributed by atoms with Gasteiger partial charge in [-0.25, -0.2) is 4.98 Å². The molecular weight excluding hydrogens is 387 g/mol. The van der Waals surface area contributed by atoms with Crippen LogP contribution in [0.25, 0.3) is 10.2 Å². The van der Waals surface area contributed by atoms with Gasteiger partial charge in [-0.15, -0.1) is 11.3 Å². The molecule has 0 aliphatic rings. The summed E-state index contributed by atoms with van der Waals surface area (Å²) in [5, 5.41) is 3.68. The van der Waals surface area contributed by atoms with E-state index < -0.39 is 0 Å². The number of nitrogens with zero attached hydrogens (tertiary/aromatic N) is 1. The molecule has 4 nitrogen and oxygen atoms in total. The fraction of sp³-hybridized carbons (Fsp3) is 0.125. The van der Waals surface area contributed by atoms with E-state index in [2.05, 4.69) is 10.3 Å². The quantitative estimate of drug-likeness (QED) is 0.589. The molecule has 0 unspecified atom stereocenters. The Morgan fingerprint density at radius 3 is 2.88 bits per heavy atom. The zero-order valence-corrected chi connectivity index (χ0v) is 15.7. The van der Waals surface area contributed by atoms with E-state index in [0.717, 1.165) is 14.6 Å². The molecule has 0 saturated heterocycles. The molecule has 3 rings (SSSR count). The number of benzene rings is 2. The van der Waals surface area contributed by atoms with Crippen LogP contribution >= 0.6 is 46.3 Å². The molecule has 1 amide bonds. The molecular formula is C16H12Cl2N2O2S2. The maximum Gasteiger partial charge on any atom is 0.262 e. The Bertz CT molecular complexity index is 899. The number of nitrogens with one attached hydrogen (secondary N) is 1. The van der Waals surface area contributed by atoms with Gasteiger partial charge in [0, 0.05) is 10.7 Å². The number of amides is 1. The molecule has 0 aliphatic heterocycles. The first-order chi connectivity index (χ1) is 11.5. The second kappa shape index (κ2) is 7.61. The fourth-order valence-corrected chi connectivity index (χ4v) is 3.99. The first-order valence-electron chi connectivity index (χ1n) is 6.87. The van der Waals surface area contributed by atoms with E-state index in [1.165, 1.54) is 0 Å². The van der Waals surface area contributed by atoms with Crippen molar-refractivity contribution in [3.05, 3.63) is 46.4 Å². The highest BCUT2D eigenvalue weighted by molar-refractivity contribution is 8.00. The number of anilines is 1. The molecule has 1 heterocycles. The minimum absolute atomic E-state index is 0.141. The molecule has 1 aromatic heterocycles. The lowest BCUT2D eigenvalue weighted by Gasteiger charge is -2.09. The molecule has 0 spiro atoms. The number of carbonyl (C=O) groups is 1. The SMILES string of the molecule is CSc1nc2ccc(NC(=O)COc3ccc(Cl)cc3Cl)cc2s1. The van der Waals surface area contributed by atoms with Crippen LogP contribution in [0.5, 0.6) is 5.75 Å². The molecule has 0 radical (unpaired) electrons. The van der Waals surface area contributed by atoms with Gasteiger partial charge >= 0.3 is 0 Å². The van der Waals surface area contributed by atoms with Gasteiger partial charge in [-0.1, -0.05) is 35.0 Å². The number of hydrogen-bond acceptors (Lipinski definition) is 5. The summed E-state index contributed by atoms with van der Waals surface area (Å²) in [4.78, 5) is 16.5. The van der Waals surface area contributed by atoms with Gasteiger partial charge in [-0.2, -0.15) is 0 Å². The zero-order chi connectivity index (χ0) is 17.1. The normalized spacial score (nSPS) is 10.8. The first kappa shape index (κ1) is 17.4. The highest BCUT2D eigenvalue weighted by Gasteiger charge is 2.09. The smallest absolute Gasteiger partial charge is 0.262 e. The highest BCUT2D eigenvalue weighted by Crippen LogP contribution is 2.30. The van der Waals surface area contributed by atoms with Crippen molar-refractivity contribution in [2.24, 2.45) is 0 Å². The second-order valence-electron chi connectivity index (χ2n) is 4.78. The Balaban J connectivity index is 1.64. The van der Waals surface area contributed by atoms with Crippen LogP contribution < -0.4 is 10.1 Å². The monoisotopic (exact) mass is 398 g/mol. The summed E-state index contributed by atoms with van der Waals surface area (Å²) in [6.45, 7) is -0.141. The van der Waals surface area contributed by atoms with Crippen LogP contribution in [0, 0.1) is 0 Å². The Hall–Kier alpha value is -1.47. The predicted molar refractivity (Wildman–Crippen MR) is 102 cm³/mol. The summed E-state index contributed by atoms with van der Waals surface area (Å²) < 4.78 is 7.44. The van der Waals surface area contributed by atoms with E-state index in [9.17, 15) is 4.79 Å². The second-order valence-corrected chi connectivity index (χ2v) is 7.71. The molecule has 0 atom stereocenters. The maximum absolute atomic E-state index is 12.0. The van der Waals surface area contributed by atoms with Gasteiger partial charge in [-0.3, -0.25) is 4.79 Å². The third-order valence-electron chi connectivity index (χ3n) is 3.08. The molecule has 24 heavy (non-hydrogen) atoms.